The Morgan fingerprint density at radius 3 is 0.678 bits per heavy atom. The number of ether oxygens (including phenoxy) is 4. The van der Waals surface area contributed by atoms with Crippen LogP contribution in [0.3, 0.4) is 0 Å². The van der Waals surface area contributed by atoms with Crippen LogP contribution in [0.15, 0.2) is 0 Å². The molecule has 5 atom stereocenters. The van der Waals surface area contributed by atoms with Crippen LogP contribution >= 0.6 is 15.6 Å². The number of esters is 4. The third kappa shape index (κ3) is 62.6. The van der Waals surface area contributed by atoms with Crippen LogP contribution in [-0.2, 0) is 65.4 Å². The van der Waals surface area contributed by atoms with Gasteiger partial charge in [-0.25, -0.2) is 9.13 Å². The summed E-state index contributed by atoms with van der Waals surface area (Å²) in [6, 6.07) is 0. The van der Waals surface area contributed by atoms with E-state index < -0.39 is 97.5 Å². The van der Waals surface area contributed by atoms with Crippen molar-refractivity contribution < 1.29 is 80.2 Å². The Bertz CT molecular complexity index is 1670. The van der Waals surface area contributed by atoms with Crippen LogP contribution in [0, 0.1) is 0 Å². The maximum atomic E-state index is 13.0. The van der Waals surface area contributed by atoms with E-state index in [0.29, 0.717) is 25.7 Å². The Balaban J connectivity index is 5.15. The normalized spacial score (nSPS) is 14.1. The fourth-order valence-electron chi connectivity index (χ4n) is 10.3. The lowest BCUT2D eigenvalue weighted by Gasteiger charge is -2.21. The van der Waals surface area contributed by atoms with Crippen molar-refractivity contribution in [3.8, 4) is 0 Å². The van der Waals surface area contributed by atoms with E-state index in [2.05, 4.69) is 27.7 Å². The fraction of sp³-hybridized carbons (Fsp3) is 0.941. The van der Waals surface area contributed by atoms with Crippen molar-refractivity contribution in [2.75, 3.05) is 39.6 Å². The van der Waals surface area contributed by atoms with Gasteiger partial charge < -0.3 is 33.8 Å². The van der Waals surface area contributed by atoms with Gasteiger partial charge in [-0.2, -0.15) is 0 Å². The quantitative estimate of drug-likeness (QED) is 0.0222. The van der Waals surface area contributed by atoms with Crippen molar-refractivity contribution in [2.24, 2.45) is 0 Å². The summed E-state index contributed by atoms with van der Waals surface area (Å²) in [6.07, 6.45) is 50.2. The molecule has 0 aromatic rings. The Kier molecular flexibility index (Phi) is 61.4. The Hall–Kier alpha value is -1.94. The molecule has 3 N–H and O–H groups in total. The molecule has 0 fully saturated rings. The number of hydrogen-bond donors (Lipinski definition) is 3. The van der Waals surface area contributed by atoms with Gasteiger partial charge in [-0.1, -0.05) is 304 Å². The van der Waals surface area contributed by atoms with Gasteiger partial charge in [0.05, 0.1) is 26.4 Å². The lowest BCUT2D eigenvalue weighted by Crippen LogP contribution is -2.30. The van der Waals surface area contributed by atoms with Gasteiger partial charge >= 0.3 is 39.5 Å². The zero-order valence-corrected chi connectivity index (χ0v) is 57.8. The van der Waals surface area contributed by atoms with Gasteiger partial charge in [0.1, 0.15) is 19.3 Å². The van der Waals surface area contributed by atoms with E-state index in [0.717, 1.165) is 96.3 Å². The zero-order chi connectivity index (χ0) is 64.0. The average molecular weight is 1280 g/mol. The first kappa shape index (κ1) is 85.1. The molecule has 0 rings (SSSR count). The van der Waals surface area contributed by atoms with E-state index in [4.69, 9.17) is 37.0 Å². The number of phosphoric acid groups is 2. The van der Waals surface area contributed by atoms with Gasteiger partial charge in [0.25, 0.3) is 0 Å². The highest BCUT2D eigenvalue weighted by molar-refractivity contribution is 7.47. The van der Waals surface area contributed by atoms with Crippen molar-refractivity contribution in [2.45, 2.75) is 373 Å². The van der Waals surface area contributed by atoms with Crippen molar-refractivity contribution in [1.82, 2.24) is 0 Å². The third-order valence-electron chi connectivity index (χ3n) is 15.9. The number of unbranched alkanes of at least 4 members (excludes halogenated alkanes) is 43. The van der Waals surface area contributed by atoms with Crippen LogP contribution in [0.2, 0.25) is 0 Å². The van der Waals surface area contributed by atoms with Gasteiger partial charge in [0.2, 0.25) is 0 Å². The number of phosphoric ester groups is 2. The van der Waals surface area contributed by atoms with E-state index in [-0.39, 0.29) is 25.7 Å². The molecule has 0 heterocycles. The number of carbonyl (C=O) groups is 4. The summed E-state index contributed by atoms with van der Waals surface area (Å²) >= 11 is 0. The Labute approximate surface area is 530 Å². The summed E-state index contributed by atoms with van der Waals surface area (Å²) < 4.78 is 68.0. The summed E-state index contributed by atoms with van der Waals surface area (Å²) in [4.78, 5) is 72.2. The highest BCUT2D eigenvalue weighted by Crippen LogP contribution is 2.45. The molecule has 0 aliphatic rings. The van der Waals surface area contributed by atoms with E-state index in [1.165, 1.54) is 180 Å². The molecule has 0 amide bonds. The highest BCUT2D eigenvalue weighted by Gasteiger charge is 2.30. The zero-order valence-electron chi connectivity index (χ0n) is 56.0. The van der Waals surface area contributed by atoms with Crippen LogP contribution < -0.4 is 0 Å². The summed E-state index contributed by atoms with van der Waals surface area (Å²) in [6.45, 7) is 4.85. The molecular formula is C68H132O17P2. The molecule has 2 unspecified atom stereocenters. The second-order valence-corrected chi connectivity index (χ2v) is 27.5. The smallest absolute Gasteiger partial charge is 0.462 e. The van der Waals surface area contributed by atoms with E-state index in [1.807, 2.05) is 0 Å². The second kappa shape index (κ2) is 62.8. The number of rotatable bonds is 69. The molecule has 0 bridgehead atoms. The number of aliphatic hydroxyl groups is 1. The van der Waals surface area contributed by atoms with E-state index in [1.54, 1.807) is 0 Å². The molecule has 0 saturated carbocycles. The van der Waals surface area contributed by atoms with Crippen LogP contribution in [0.1, 0.15) is 355 Å². The second-order valence-electron chi connectivity index (χ2n) is 24.6. The number of carbonyl (C=O) groups excluding carboxylic acids is 4. The molecule has 19 heteroatoms. The predicted octanol–water partition coefficient (Wildman–Crippen LogP) is 19.5. The lowest BCUT2D eigenvalue weighted by atomic mass is 10.0. The minimum atomic E-state index is -4.95. The summed E-state index contributed by atoms with van der Waals surface area (Å²) in [5.41, 5.74) is 0. The molecule has 0 aromatic carbocycles. The monoisotopic (exact) mass is 1280 g/mol. The minimum Gasteiger partial charge on any atom is -0.462 e. The maximum absolute atomic E-state index is 13.0. The Morgan fingerprint density at radius 1 is 0.276 bits per heavy atom. The van der Waals surface area contributed by atoms with Crippen LogP contribution in [0.4, 0.5) is 0 Å². The SMILES string of the molecule is CCCCCCCCCCCCCCCCCCCC(=O)O[C@H](COC(=O)CCCCCCCCCCCCCCCC)COP(=O)(O)OC[C@@H](O)COP(=O)(O)OC[C@@H](COC(=O)CCCCCCC)OC(=O)CCCCCCCCCCCCC. The molecule has 0 aliphatic carbocycles. The van der Waals surface area contributed by atoms with Gasteiger partial charge in [-0.15, -0.1) is 0 Å². The topological polar surface area (TPSA) is 237 Å². The van der Waals surface area contributed by atoms with Crippen LogP contribution in [0.25, 0.3) is 0 Å². The molecule has 0 spiro atoms. The van der Waals surface area contributed by atoms with Crippen molar-refractivity contribution in [3.63, 3.8) is 0 Å². The van der Waals surface area contributed by atoms with Crippen molar-refractivity contribution in [1.29, 1.82) is 0 Å². The summed E-state index contributed by atoms with van der Waals surface area (Å²) in [7, 11) is -9.88. The van der Waals surface area contributed by atoms with Gasteiger partial charge in [0.15, 0.2) is 12.2 Å². The highest BCUT2D eigenvalue weighted by atomic mass is 31.2. The standard InChI is InChI=1S/C68H132O17P2/c1-5-9-13-17-20-23-26-28-30-31-32-34-37-40-43-47-51-55-68(73)85-64(59-79-66(71)53-49-45-41-38-36-33-29-27-24-21-18-14-10-6-2)61-83-87(76,77)81-57-62(69)56-80-86(74,75)82-60-63(58-78-65(70)52-48-44-16-12-8-4)84-67(72)54-50-46-42-39-35-25-22-19-15-11-7-3/h62-64,69H,5-61H2,1-4H3,(H,74,75)(H,76,77)/t62-,63+,64+/m0/s1. The number of hydrogen-bond acceptors (Lipinski definition) is 15. The maximum Gasteiger partial charge on any atom is 0.472 e. The molecule has 0 aromatic heterocycles. The predicted molar refractivity (Wildman–Crippen MR) is 349 cm³/mol. The molecule has 17 nitrogen and oxygen atoms in total. The van der Waals surface area contributed by atoms with Crippen LogP contribution in [0.5, 0.6) is 0 Å². The molecule has 0 saturated heterocycles. The first-order valence-electron chi connectivity index (χ1n) is 35.8. The molecule has 0 aliphatic heterocycles. The third-order valence-corrected chi connectivity index (χ3v) is 17.8. The molecule has 0 radical (unpaired) electrons. The molecule has 87 heavy (non-hydrogen) atoms. The van der Waals surface area contributed by atoms with E-state index in [9.17, 15) is 43.2 Å². The Morgan fingerprint density at radius 2 is 0.460 bits per heavy atom. The first-order chi connectivity index (χ1) is 42.2. The van der Waals surface area contributed by atoms with Crippen LogP contribution in [-0.4, -0.2) is 96.7 Å². The molecule has 516 valence electrons. The van der Waals surface area contributed by atoms with Crippen molar-refractivity contribution in [3.05, 3.63) is 0 Å². The van der Waals surface area contributed by atoms with E-state index >= 15 is 0 Å². The van der Waals surface area contributed by atoms with Gasteiger partial charge in [-0.05, 0) is 25.7 Å². The minimum absolute atomic E-state index is 0.106. The largest absolute Gasteiger partial charge is 0.472 e. The lowest BCUT2D eigenvalue weighted by molar-refractivity contribution is -0.161. The summed E-state index contributed by atoms with van der Waals surface area (Å²) in [5.74, 6) is -2.13. The first-order valence-corrected chi connectivity index (χ1v) is 38.8. The average Bonchev–Trinajstić information content (AvgIpc) is 3.71. The van der Waals surface area contributed by atoms with Gasteiger partial charge in [0, 0.05) is 25.7 Å². The summed E-state index contributed by atoms with van der Waals surface area (Å²) in [5, 5.41) is 10.5. The van der Waals surface area contributed by atoms with Gasteiger partial charge in [-0.3, -0.25) is 37.3 Å². The van der Waals surface area contributed by atoms with Crippen molar-refractivity contribution >= 4 is 39.5 Å². The molecular weight excluding hydrogens is 1150 g/mol. The fourth-order valence-corrected chi connectivity index (χ4v) is 11.9. The number of aliphatic hydroxyl groups excluding tert-OH is 1.